The van der Waals surface area contributed by atoms with Crippen LogP contribution >= 0.6 is 11.8 Å². The highest BCUT2D eigenvalue weighted by atomic mass is 32.2. The Morgan fingerprint density at radius 3 is 2.71 bits per heavy atom. The molecule has 0 spiro atoms. The highest BCUT2D eigenvalue weighted by molar-refractivity contribution is 8.00. The fourth-order valence-electron chi connectivity index (χ4n) is 2.74. The van der Waals surface area contributed by atoms with Crippen molar-refractivity contribution in [2.24, 2.45) is 4.99 Å². The first-order valence-electron chi connectivity index (χ1n) is 8.70. The van der Waals surface area contributed by atoms with Crippen molar-refractivity contribution < 1.29 is 9.26 Å². The van der Waals surface area contributed by atoms with Gasteiger partial charge in [-0.3, -0.25) is 4.99 Å². The molecule has 24 heavy (non-hydrogen) atoms. The maximum Gasteiger partial charge on any atom is 0.191 e. The van der Waals surface area contributed by atoms with Crippen LogP contribution in [0.4, 0.5) is 0 Å². The molecule has 136 valence electrons. The minimum absolute atomic E-state index is 0.238. The van der Waals surface area contributed by atoms with Crippen molar-refractivity contribution in [3.63, 3.8) is 0 Å². The Morgan fingerprint density at radius 1 is 1.38 bits per heavy atom. The van der Waals surface area contributed by atoms with Crippen molar-refractivity contribution in [1.29, 1.82) is 0 Å². The van der Waals surface area contributed by atoms with Gasteiger partial charge in [-0.05, 0) is 24.5 Å². The number of hydrogen-bond acceptors (Lipinski definition) is 5. The third-order valence-corrected chi connectivity index (χ3v) is 5.71. The average Bonchev–Trinajstić information content (AvgIpc) is 3.05. The molecule has 2 heterocycles. The van der Waals surface area contributed by atoms with Crippen molar-refractivity contribution in [3.05, 3.63) is 17.5 Å². The van der Waals surface area contributed by atoms with E-state index in [-0.39, 0.29) is 4.75 Å². The van der Waals surface area contributed by atoms with Gasteiger partial charge in [0.25, 0.3) is 0 Å². The largest absolute Gasteiger partial charge is 0.381 e. The average molecular weight is 355 g/mol. The van der Waals surface area contributed by atoms with E-state index in [1.807, 2.05) is 17.8 Å². The van der Waals surface area contributed by atoms with Gasteiger partial charge in [-0.2, -0.15) is 11.8 Å². The van der Waals surface area contributed by atoms with Gasteiger partial charge in [0.15, 0.2) is 11.7 Å². The smallest absolute Gasteiger partial charge is 0.191 e. The molecule has 1 aromatic rings. The van der Waals surface area contributed by atoms with Gasteiger partial charge in [0.2, 0.25) is 0 Å². The van der Waals surface area contributed by atoms with E-state index in [0.29, 0.717) is 12.5 Å². The van der Waals surface area contributed by atoms with Gasteiger partial charge >= 0.3 is 0 Å². The molecule has 1 fully saturated rings. The Balaban J connectivity index is 1.84. The molecular weight excluding hydrogens is 324 g/mol. The van der Waals surface area contributed by atoms with E-state index in [2.05, 4.69) is 41.6 Å². The van der Waals surface area contributed by atoms with Gasteiger partial charge in [-0.15, -0.1) is 0 Å². The lowest BCUT2D eigenvalue weighted by Gasteiger charge is -2.37. The minimum Gasteiger partial charge on any atom is -0.381 e. The van der Waals surface area contributed by atoms with E-state index >= 15 is 0 Å². The van der Waals surface area contributed by atoms with Crippen LogP contribution in [0.5, 0.6) is 0 Å². The summed E-state index contributed by atoms with van der Waals surface area (Å²) < 4.78 is 11.1. The molecule has 0 unspecified atom stereocenters. The Bertz CT molecular complexity index is 519. The van der Waals surface area contributed by atoms with Gasteiger partial charge < -0.3 is 19.9 Å². The Kier molecular flexibility index (Phi) is 7.42. The summed E-state index contributed by atoms with van der Waals surface area (Å²) in [5.41, 5.74) is 0.982. The van der Waals surface area contributed by atoms with E-state index in [9.17, 15) is 0 Å². The first-order chi connectivity index (χ1) is 11.6. The highest BCUT2D eigenvalue weighted by Gasteiger charge is 2.32. The predicted molar refractivity (Wildman–Crippen MR) is 99.7 cm³/mol. The zero-order chi connectivity index (χ0) is 17.4. The minimum atomic E-state index is 0.238. The van der Waals surface area contributed by atoms with Crippen LogP contribution in [0.15, 0.2) is 15.6 Å². The van der Waals surface area contributed by atoms with Crippen LogP contribution in [-0.4, -0.2) is 48.4 Å². The molecule has 0 atom stereocenters. The summed E-state index contributed by atoms with van der Waals surface area (Å²) in [6.07, 6.45) is 2.16. The van der Waals surface area contributed by atoms with Crippen LogP contribution in [0.3, 0.4) is 0 Å². The van der Waals surface area contributed by atoms with Crippen molar-refractivity contribution in [2.45, 2.75) is 50.8 Å². The van der Waals surface area contributed by atoms with Crippen LogP contribution < -0.4 is 10.6 Å². The summed E-state index contributed by atoms with van der Waals surface area (Å²) in [6.45, 7) is 9.58. The fourth-order valence-corrected chi connectivity index (χ4v) is 3.98. The number of nitrogens with zero attached hydrogens (tertiary/aromatic N) is 2. The first-order valence-corrected chi connectivity index (χ1v) is 9.69. The molecule has 1 aliphatic heterocycles. The van der Waals surface area contributed by atoms with Gasteiger partial charge in [0.05, 0.1) is 12.2 Å². The Labute approximate surface area is 149 Å². The summed E-state index contributed by atoms with van der Waals surface area (Å²) in [4.78, 5) is 4.31. The lowest BCUT2D eigenvalue weighted by Crippen LogP contribution is -2.48. The van der Waals surface area contributed by atoms with Crippen LogP contribution in [0.25, 0.3) is 0 Å². The third-order valence-electron chi connectivity index (χ3n) is 4.25. The zero-order valence-corrected chi connectivity index (χ0v) is 16.0. The lowest BCUT2D eigenvalue weighted by atomic mass is 9.99. The monoisotopic (exact) mass is 354 g/mol. The van der Waals surface area contributed by atoms with E-state index in [1.165, 1.54) is 0 Å². The van der Waals surface area contributed by atoms with Crippen LogP contribution in [0, 0.1) is 0 Å². The van der Waals surface area contributed by atoms with Gasteiger partial charge in [-0.1, -0.05) is 25.9 Å². The van der Waals surface area contributed by atoms with Crippen molar-refractivity contribution in [1.82, 2.24) is 15.8 Å². The number of guanidine groups is 1. The van der Waals surface area contributed by atoms with E-state index in [0.717, 1.165) is 55.8 Å². The van der Waals surface area contributed by atoms with Crippen LogP contribution in [-0.2, 0) is 11.3 Å². The number of ether oxygens (including phenoxy) is 1. The Hall–Kier alpha value is -1.21. The van der Waals surface area contributed by atoms with E-state index in [1.54, 1.807) is 7.05 Å². The molecule has 0 radical (unpaired) electrons. The molecule has 0 amide bonds. The standard InChI is InChI=1S/C17H30N4O2S/c1-5-24-17(6-8-22-9-7-17)12-20-16(18-4)19-11-14-10-15(13(2)3)21-23-14/h10,13H,5-9,11-12H2,1-4H3,(H2,18,19,20). The number of hydrogen-bond donors (Lipinski definition) is 2. The number of nitrogens with one attached hydrogen (secondary N) is 2. The molecule has 0 saturated carbocycles. The molecule has 0 aliphatic carbocycles. The van der Waals surface area contributed by atoms with Crippen molar-refractivity contribution in [2.75, 3.05) is 32.6 Å². The van der Waals surface area contributed by atoms with Gasteiger partial charge in [-0.25, -0.2) is 0 Å². The highest BCUT2D eigenvalue weighted by Crippen LogP contribution is 2.34. The fraction of sp³-hybridized carbons (Fsp3) is 0.765. The number of aliphatic imine (C=N–C) groups is 1. The second-order valence-corrected chi connectivity index (χ2v) is 8.11. The van der Waals surface area contributed by atoms with E-state index in [4.69, 9.17) is 9.26 Å². The normalized spacial score (nSPS) is 18.0. The summed E-state index contributed by atoms with van der Waals surface area (Å²) in [7, 11) is 1.79. The van der Waals surface area contributed by atoms with Crippen molar-refractivity contribution in [3.8, 4) is 0 Å². The predicted octanol–water partition coefficient (Wildman–Crippen LogP) is 2.77. The molecular formula is C17H30N4O2S. The number of thioether (sulfide) groups is 1. The molecule has 2 N–H and O–H groups in total. The second kappa shape index (κ2) is 9.32. The number of rotatable bonds is 7. The molecule has 1 aromatic heterocycles. The molecule has 0 bridgehead atoms. The first kappa shape index (κ1) is 19.1. The summed E-state index contributed by atoms with van der Waals surface area (Å²) >= 11 is 2.02. The summed E-state index contributed by atoms with van der Waals surface area (Å²) in [5, 5.41) is 10.8. The molecule has 2 rings (SSSR count). The van der Waals surface area contributed by atoms with E-state index < -0.39 is 0 Å². The quantitative estimate of drug-likeness (QED) is 0.579. The Morgan fingerprint density at radius 2 is 2.12 bits per heavy atom. The molecule has 1 saturated heterocycles. The third kappa shape index (κ3) is 5.41. The SMILES string of the molecule is CCSC1(CNC(=NC)NCc2cc(C(C)C)no2)CCOCC1. The summed E-state index contributed by atoms with van der Waals surface area (Å²) in [6, 6.07) is 2.00. The van der Waals surface area contributed by atoms with Crippen molar-refractivity contribution >= 4 is 17.7 Å². The van der Waals surface area contributed by atoms with Gasteiger partial charge in [0, 0.05) is 37.6 Å². The zero-order valence-electron chi connectivity index (χ0n) is 15.2. The lowest BCUT2D eigenvalue weighted by molar-refractivity contribution is 0.0782. The molecule has 1 aliphatic rings. The number of aromatic nitrogens is 1. The van der Waals surface area contributed by atoms with Gasteiger partial charge in [0.1, 0.15) is 0 Å². The maximum atomic E-state index is 5.52. The molecule has 0 aromatic carbocycles. The summed E-state index contributed by atoms with van der Waals surface area (Å²) in [5.74, 6) is 3.11. The molecule has 6 nitrogen and oxygen atoms in total. The van der Waals surface area contributed by atoms with Crippen LogP contribution in [0.1, 0.15) is 51.0 Å². The molecule has 7 heteroatoms. The van der Waals surface area contributed by atoms with Crippen LogP contribution in [0.2, 0.25) is 0 Å². The second-order valence-electron chi connectivity index (χ2n) is 6.38. The maximum absolute atomic E-state index is 5.52. The topological polar surface area (TPSA) is 71.7 Å².